The topological polar surface area (TPSA) is 41.6 Å². The fourth-order valence-electron chi connectivity index (χ4n) is 3.08. The van der Waals surface area contributed by atoms with Crippen molar-refractivity contribution in [1.29, 1.82) is 0 Å². The number of amides is 1. The molecule has 1 aliphatic rings. The lowest BCUT2D eigenvalue weighted by Crippen LogP contribution is -2.44. The summed E-state index contributed by atoms with van der Waals surface area (Å²) < 4.78 is 5.46. The van der Waals surface area contributed by atoms with Gasteiger partial charge in [-0.2, -0.15) is 0 Å². The van der Waals surface area contributed by atoms with Crippen LogP contribution in [0.15, 0.2) is 60.7 Å². The van der Waals surface area contributed by atoms with Crippen molar-refractivity contribution in [2.24, 2.45) is 0 Å². The van der Waals surface area contributed by atoms with Crippen LogP contribution in [0.5, 0.6) is 0 Å². The molecule has 1 aliphatic heterocycles. The molecule has 2 aromatic rings. The zero-order valence-corrected chi connectivity index (χ0v) is 13.9. The fourth-order valence-corrected chi connectivity index (χ4v) is 3.08. The minimum Gasteiger partial charge on any atom is -0.379 e. The molecule has 1 N–H and O–H groups in total. The molecule has 1 atom stereocenters. The number of ether oxygens (including phenoxy) is 1. The Morgan fingerprint density at radius 1 is 1.00 bits per heavy atom. The van der Waals surface area contributed by atoms with Gasteiger partial charge in [0.15, 0.2) is 0 Å². The molecule has 4 heteroatoms. The molecule has 0 bridgehead atoms. The van der Waals surface area contributed by atoms with Crippen molar-refractivity contribution < 1.29 is 9.53 Å². The van der Waals surface area contributed by atoms with Crippen molar-refractivity contribution in [2.45, 2.75) is 12.5 Å². The maximum absolute atomic E-state index is 12.3. The highest BCUT2D eigenvalue weighted by molar-refractivity contribution is 5.78. The normalized spacial score (nSPS) is 16.5. The average molecular weight is 324 g/mol. The average Bonchev–Trinajstić information content (AvgIpc) is 2.64. The summed E-state index contributed by atoms with van der Waals surface area (Å²) in [6.45, 7) is 3.92. The molecule has 0 aliphatic carbocycles. The summed E-state index contributed by atoms with van der Waals surface area (Å²) in [5.74, 6) is 0.0652. The van der Waals surface area contributed by atoms with Gasteiger partial charge in [0.25, 0.3) is 0 Å². The molecule has 2 aromatic carbocycles. The Hall–Kier alpha value is -2.17. The fraction of sp³-hybridized carbons (Fsp3) is 0.350. The van der Waals surface area contributed by atoms with E-state index in [2.05, 4.69) is 34.5 Å². The molecule has 126 valence electrons. The Labute approximate surface area is 143 Å². The third-order valence-electron chi connectivity index (χ3n) is 4.37. The van der Waals surface area contributed by atoms with Gasteiger partial charge in [0, 0.05) is 19.6 Å². The van der Waals surface area contributed by atoms with E-state index in [1.807, 2.05) is 36.4 Å². The molecule has 4 nitrogen and oxygen atoms in total. The van der Waals surface area contributed by atoms with Crippen LogP contribution in [0, 0.1) is 0 Å². The first-order valence-electron chi connectivity index (χ1n) is 8.50. The quantitative estimate of drug-likeness (QED) is 0.887. The van der Waals surface area contributed by atoms with Crippen LogP contribution in [0.2, 0.25) is 0 Å². The number of rotatable bonds is 6. The SMILES string of the molecule is O=C(Cc1ccccc1)NC[C@H](c1ccccc1)N1CCOCC1. The molecule has 0 radical (unpaired) electrons. The van der Waals surface area contributed by atoms with Crippen molar-refractivity contribution in [2.75, 3.05) is 32.8 Å². The van der Waals surface area contributed by atoms with Crippen LogP contribution in [0.25, 0.3) is 0 Å². The lowest BCUT2D eigenvalue weighted by atomic mass is 10.0. The number of carbonyl (C=O) groups is 1. The lowest BCUT2D eigenvalue weighted by molar-refractivity contribution is -0.120. The highest BCUT2D eigenvalue weighted by Gasteiger charge is 2.22. The summed E-state index contributed by atoms with van der Waals surface area (Å²) >= 11 is 0. The van der Waals surface area contributed by atoms with Crippen LogP contribution in [0.3, 0.4) is 0 Å². The second-order valence-electron chi connectivity index (χ2n) is 6.04. The summed E-state index contributed by atoms with van der Waals surface area (Å²) in [7, 11) is 0. The molecule has 0 saturated carbocycles. The van der Waals surface area contributed by atoms with E-state index >= 15 is 0 Å². The van der Waals surface area contributed by atoms with Crippen LogP contribution in [-0.2, 0) is 16.0 Å². The number of nitrogens with one attached hydrogen (secondary N) is 1. The number of benzene rings is 2. The van der Waals surface area contributed by atoms with Crippen molar-refractivity contribution in [1.82, 2.24) is 10.2 Å². The molecular weight excluding hydrogens is 300 g/mol. The second kappa shape index (κ2) is 8.62. The second-order valence-corrected chi connectivity index (χ2v) is 6.04. The molecule has 1 fully saturated rings. The number of hydrogen-bond acceptors (Lipinski definition) is 3. The maximum atomic E-state index is 12.3. The predicted molar refractivity (Wildman–Crippen MR) is 94.7 cm³/mol. The first-order valence-corrected chi connectivity index (χ1v) is 8.50. The largest absolute Gasteiger partial charge is 0.379 e. The smallest absolute Gasteiger partial charge is 0.224 e. The Morgan fingerprint density at radius 3 is 2.29 bits per heavy atom. The van der Waals surface area contributed by atoms with Gasteiger partial charge in [-0.15, -0.1) is 0 Å². The van der Waals surface area contributed by atoms with E-state index in [1.54, 1.807) is 0 Å². The van der Waals surface area contributed by atoms with E-state index in [0.29, 0.717) is 13.0 Å². The molecule has 1 amide bonds. The van der Waals surface area contributed by atoms with Crippen LogP contribution in [0.4, 0.5) is 0 Å². The van der Waals surface area contributed by atoms with Crippen molar-refractivity contribution in [3.05, 3.63) is 71.8 Å². The number of nitrogens with zero attached hydrogens (tertiary/aromatic N) is 1. The molecule has 3 rings (SSSR count). The zero-order valence-electron chi connectivity index (χ0n) is 13.9. The summed E-state index contributed by atoms with van der Waals surface area (Å²) in [5.41, 5.74) is 2.28. The summed E-state index contributed by atoms with van der Waals surface area (Å²) in [6, 6.07) is 20.4. The highest BCUT2D eigenvalue weighted by atomic mass is 16.5. The van der Waals surface area contributed by atoms with E-state index in [0.717, 1.165) is 31.9 Å². The van der Waals surface area contributed by atoms with E-state index in [-0.39, 0.29) is 11.9 Å². The summed E-state index contributed by atoms with van der Waals surface area (Å²) in [6.07, 6.45) is 0.422. The highest BCUT2D eigenvalue weighted by Crippen LogP contribution is 2.21. The van der Waals surface area contributed by atoms with Gasteiger partial charge in [-0.25, -0.2) is 0 Å². The van der Waals surface area contributed by atoms with Crippen molar-refractivity contribution in [3.63, 3.8) is 0 Å². The molecule has 0 unspecified atom stereocenters. The zero-order chi connectivity index (χ0) is 16.6. The molecule has 1 saturated heterocycles. The summed E-state index contributed by atoms with van der Waals surface area (Å²) in [4.78, 5) is 14.7. The van der Waals surface area contributed by atoms with Gasteiger partial charge in [0.1, 0.15) is 0 Å². The van der Waals surface area contributed by atoms with Gasteiger partial charge in [-0.1, -0.05) is 60.7 Å². The first kappa shape index (κ1) is 16.7. The monoisotopic (exact) mass is 324 g/mol. The van der Waals surface area contributed by atoms with Crippen molar-refractivity contribution in [3.8, 4) is 0 Å². The number of hydrogen-bond donors (Lipinski definition) is 1. The van der Waals surface area contributed by atoms with Crippen LogP contribution >= 0.6 is 0 Å². The number of morpholine rings is 1. The van der Waals surface area contributed by atoms with Gasteiger partial charge >= 0.3 is 0 Å². The van der Waals surface area contributed by atoms with E-state index in [1.165, 1.54) is 5.56 Å². The third kappa shape index (κ3) is 4.66. The standard InChI is InChI=1S/C20H24N2O2/c23-20(15-17-7-3-1-4-8-17)21-16-19(18-9-5-2-6-10-18)22-11-13-24-14-12-22/h1-10,19H,11-16H2,(H,21,23)/t19-/m1/s1. The van der Waals surface area contributed by atoms with E-state index < -0.39 is 0 Å². The molecular formula is C20H24N2O2. The van der Waals surface area contributed by atoms with Crippen LogP contribution < -0.4 is 5.32 Å². The van der Waals surface area contributed by atoms with E-state index in [9.17, 15) is 4.79 Å². The van der Waals surface area contributed by atoms with Crippen LogP contribution in [0.1, 0.15) is 17.2 Å². The Balaban J connectivity index is 1.62. The Morgan fingerprint density at radius 2 is 1.62 bits per heavy atom. The predicted octanol–water partition coefficient (Wildman–Crippen LogP) is 2.42. The molecule has 1 heterocycles. The molecule has 24 heavy (non-hydrogen) atoms. The van der Waals surface area contributed by atoms with E-state index in [4.69, 9.17) is 4.74 Å². The van der Waals surface area contributed by atoms with Gasteiger partial charge in [0.2, 0.25) is 5.91 Å². The third-order valence-corrected chi connectivity index (χ3v) is 4.37. The van der Waals surface area contributed by atoms with Gasteiger partial charge in [-0.05, 0) is 11.1 Å². The minimum atomic E-state index is 0.0652. The van der Waals surface area contributed by atoms with Crippen LogP contribution in [-0.4, -0.2) is 43.7 Å². The molecule has 0 spiro atoms. The summed E-state index contributed by atoms with van der Waals surface area (Å²) in [5, 5.41) is 3.11. The Kier molecular flexibility index (Phi) is 5.99. The van der Waals surface area contributed by atoms with Gasteiger partial charge < -0.3 is 10.1 Å². The van der Waals surface area contributed by atoms with Gasteiger partial charge in [-0.3, -0.25) is 9.69 Å². The van der Waals surface area contributed by atoms with Crippen molar-refractivity contribution >= 4 is 5.91 Å². The van der Waals surface area contributed by atoms with Gasteiger partial charge in [0.05, 0.1) is 25.7 Å². The molecule has 0 aromatic heterocycles. The lowest BCUT2D eigenvalue weighted by Gasteiger charge is -2.35. The first-order chi connectivity index (χ1) is 11.8. The number of carbonyl (C=O) groups excluding carboxylic acids is 1. The minimum absolute atomic E-state index is 0.0652. The maximum Gasteiger partial charge on any atom is 0.224 e. The Bertz CT molecular complexity index is 625.